The number of nitrogens with two attached hydrogens (primary N) is 1. The third kappa shape index (κ3) is 2.40. The van der Waals surface area contributed by atoms with Gasteiger partial charge in [0.05, 0.1) is 17.1 Å². The van der Waals surface area contributed by atoms with E-state index >= 15 is 0 Å². The first-order valence-corrected chi connectivity index (χ1v) is 7.61. The van der Waals surface area contributed by atoms with Gasteiger partial charge in [0.1, 0.15) is 5.82 Å². The first-order chi connectivity index (χ1) is 9.69. The van der Waals surface area contributed by atoms with E-state index in [2.05, 4.69) is 16.5 Å². The van der Waals surface area contributed by atoms with Gasteiger partial charge in [0.25, 0.3) is 0 Å². The molecule has 108 valence electrons. The zero-order valence-corrected chi connectivity index (χ0v) is 12.0. The summed E-state index contributed by atoms with van der Waals surface area (Å²) >= 11 is 0. The number of benzene rings is 1. The molecule has 4 heteroatoms. The largest absolute Gasteiger partial charge is 0.399 e. The van der Waals surface area contributed by atoms with Crippen LogP contribution in [-0.2, 0) is 13.0 Å². The molecule has 1 heterocycles. The highest BCUT2D eigenvalue weighted by Crippen LogP contribution is 2.28. The summed E-state index contributed by atoms with van der Waals surface area (Å²) < 4.78 is 2.27. The average Bonchev–Trinajstić information content (AvgIpc) is 2.78. The summed E-state index contributed by atoms with van der Waals surface area (Å²) in [6.07, 6.45) is 5.16. The summed E-state index contributed by atoms with van der Waals surface area (Å²) in [4.78, 5) is 4.68. The Morgan fingerprint density at radius 1 is 1.35 bits per heavy atom. The zero-order valence-electron chi connectivity index (χ0n) is 12.0. The van der Waals surface area contributed by atoms with Crippen molar-refractivity contribution in [1.82, 2.24) is 9.55 Å². The van der Waals surface area contributed by atoms with Gasteiger partial charge in [-0.15, -0.1) is 0 Å². The Labute approximate surface area is 119 Å². The number of nitrogen functional groups attached to an aromatic ring is 1. The van der Waals surface area contributed by atoms with E-state index in [0.29, 0.717) is 5.92 Å². The fraction of sp³-hybridized carbons (Fsp3) is 0.562. The van der Waals surface area contributed by atoms with Crippen molar-refractivity contribution in [3.63, 3.8) is 0 Å². The molecule has 0 saturated heterocycles. The lowest BCUT2D eigenvalue weighted by Gasteiger charge is -2.28. The molecule has 2 atom stereocenters. The maximum Gasteiger partial charge on any atom is 0.109 e. The molecule has 2 unspecified atom stereocenters. The minimum absolute atomic E-state index is 0.167. The van der Waals surface area contributed by atoms with Gasteiger partial charge in [-0.3, -0.25) is 0 Å². The lowest BCUT2D eigenvalue weighted by Crippen LogP contribution is -2.28. The van der Waals surface area contributed by atoms with Crippen LogP contribution >= 0.6 is 0 Å². The van der Waals surface area contributed by atoms with Gasteiger partial charge in [0.2, 0.25) is 0 Å². The Bertz CT molecular complexity index is 605. The number of aliphatic hydroxyl groups is 1. The van der Waals surface area contributed by atoms with Gasteiger partial charge in [0.15, 0.2) is 0 Å². The van der Waals surface area contributed by atoms with Crippen molar-refractivity contribution in [2.45, 2.75) is 51.7 Å². The van der Waals surface area contributed by atoms with Gasteiger partial charge in [-0.05, 0) is 31.0 Å². The second-order valence-corrected chi connectivity index (χ2v) is 5.85. The molecule has 0 aliphatic heterocycles. The van der Waals surface area contributed by atoms with E-state index in [1.165, 1.54) is 6.42 Å². The van der Waals surface area contributed by atoms with Crippen molar-refractivity contribution in [2.75, 3.05) is 5.73 Å². The van der Waals surface area contributed by atoms with Gasteiger partial charge in [-0.2, -0.15) is 0 Å². The second kappa shape index (κ2) is 5.44. The molecule has 1 saturated carbocycles. The van der Waals surface area contributed by atoms with Gasteiger partial charge < -0.3 is 15.4 Å². The molecule has 3 rings (SSSR count). The van der Waals surface area contributed by atoms with Crippen LogP contribution in [-0.4, -0.2) is 20.8 Å². The molecule has 0 amide bonds. The predicted octanol–water partition coefficient (Wildman–Crippen LogP) is 2.73. The van der Waals surface area contributed by atoms with Gasteiger partial charge in [-0.25, -0.2) is 4.98 Å². The van der Waals surface area contributed by atoms with E-state index in [1.807, 2.05) is 18.2 Å². The predicted molar refractivity (Wildman–Crippen MR) is 81.5 cm³/mol. The van der Waals surface area contributed by atoms with E-state index in [9.17, 15) is 5.11 Å². The molecular formula is C16H23N3O. The summed E-state index contributed by atoms with van der Waals surface area (Å²) in [6.45, 7) is 2.99. The molecule has 1 aromatic carbocycles. The molecule has 0 bridgehead atoms. The molecule has 4 nitrogen and oxygen atoms in total. The van der Waals surface area contributed by atoms with Crippen molar-refractivity contribution >= 4 is 16.7 Å². The third-order valence-electron chi connectivity index (χ3n) is 4.45. The van der Waals surface area contributed by atoms with Gasteiger partial charge in [-0.1, -0.05) is 19.8 Å². The van der Waals surface area contributed by atoms with Crippen LogP contribution in [0.2, 0.25) is 0 Å². The number of nitrogens with zero attached hydrogens (tertiary/aromatic N) is 2. The first kappa shape index (κ1) is 13.4. The van der Waals surface area contributed by atoms with Crippen LogP contribution < -0.4 is 5.73 Å². The Kier molecular flexibility index (Phi) is 3.66. The smallest absolute Gasteiger partial charge is 0.109 e. The van der Waals surface area contributed by atoms with Crippen LogP contribution in [0.15, 0.2) is 18.2 Å². The molecule has 1 aliphatic rings. The first-order valence-electron chi connectivity index (χ1n) is 7.61. The van der Waals surface area contributed by atoms with Crippen molar-refractivity contribution in [1.29, 1.82) is 0 Å². The minimum Gasteiger partial charge on any atom is -0.399 e. The van der Waals surface area contributed by atoms with Crippen LogP contribution in [0.5, 0.6) is 0 Å². The third-order valence-corrected chi connectivity index (χ3v) is 4.45. The highest BCUT2D eigenvalue weighted by atomic mass is 16.3. The molecule has 1 aliphatic carbocycles. The summed E-state index contributed by atoms with van der Waals surface area (Å²) in [5.74, 6) is 1.44. The van der Waals surface area contributed by atoms with Crippen LogP contribution in [0.3, 0.4) is 0 Å². The maximum atomic E-state index is 10.2. The van der Waals surface area contributed by atoms with Crippen molar-refractivity contribution < 1.29 is 5.11 Å². The van der Waals surface area contributed by atoms with Gasteiger partial charge >= 0.3 is 0 Å². The van der Waals surface area contributed by atoms with Crippen molar-refractivity contribution in [3.8, 4) is 0 Å². The number of aromatic nitrogens is 2. The highest BCUT2D eigenvalue weighted by molar-refractivity contribution is 5.79. The fourth-order valence-electron chi connectivity index (χ4n) is 3.31. The quantitative estimate of drug-likeness (QED) is 0.845. The molecule has 20 heavy (non-hydrogen) atoms. The Morgan fingerprint density at radius 3 is 2.90 bits per heavy atom. The average molecular weight is 273 g/mol. The monoisotopic (exact) mass is 273 g/mol. The Morgan fingerprint density at radius 2 is 2.15 bits per heavy atom. The van der Waals surface area contributed by atoms with Crippen LogP contribution in [0.4, 0.5) is 5.69 Å². The number of aliphatic hydroxyl groups excluding tert-OH is 1. The number of anilines is 1. The number of fused-ring (bicyclic) bond motifs is 1. The summed E-state index contributed by atoms with van der Waals surface area (Å²) in [5.41, 5.74) is 8.69. The van der Waals surface area contributed by atoms with Crippen molar-refractivity contribution in [3.05, 3.63) is 24.0 Å². The second-order valence-electron chi connectivity index (χ2n) is 5.85. The summed E-state index contributed by atoms with van der Waals surface area (Å²) in [6, 6.07) is 5.91. The summed E-state index contributed by atoms with van der Waals surface area (Å²) in [7, 11) is 0. The molecule has 0 spiro atoms. The van der Waals surface area contributed by atoms with Crippen LogP contribution in [0, 0.1) is 5.92 Å². The highest BCUT2D eigenvalue weighted by Gasteiger charge is 2.24. The number of imidazole rings is 1. The van der Waals surface area contributed by atoms with Crippen LogP contribution in [0.25, 0.3) is 11.0 Å². The van der Waals surface area contributed by atoms with E-state index < -0.39 is 0 Å². The summed E-state index contributed by atoms with van der Waals surface area (Å²) in [5, 5.41) is 10.2. The minimum atomic E-state index is -0.167. The maximum absolute atomic E-state index is 10.2. The molecular weight excluding hydrogens is 250 g/mol. The van der Waals surface area contributed by atoms with E-state index in [1.54, 1.807) is 0 Å². The molecule has 1 aromatic heterocycles. The SMILES string of the molecule is CCc1nc2cc(N)ccc2n1CC1CCCCC1O. The van der Waals surface area contributed by atoms with Crippen molar-refractivity contribution in [2.24, 2.45) is 5.92 Å². The molecule has 1 fully saturated rings. The van der Waals surface area contributed by atoms with Gasteiger partial charge in [0, 0.05) is 24.6 Å². The number of hydrogen-bond donors (Lipinski definition) is 2. The van der Waals surface area contributed by atoms with E-state index in [4.69, 9.17) is 5.73 Å². The fourth-order valence-corrected chi connectivity index (χ4v) is 3.31. The Balaban J connectivity index is 1.96. The molecule has 3 N–H and O–H groups in total. The van der Waals surface area contributed by atoms with Crippen LogP contribution in [0.1, 0.15) is 38.4 Å². The molecule has 2 aromatic rings. The lowest BCUT2D eigenvalue weighted by atomic mass is 9.86. The zero-order chi connectivity index (χ0) is 14.1. The molecule has 0 radical (unpaired) electrons. The normalized spacial score (nSPS) is 23.3. The number of rotatable bonds is 3. The number of aryl methyl sites for hydroxylation is 1. The lowest BCUT2D eigenvalue weighted by molar-refractivity contribution is 0.0608. The Hall–Kier alpha value is -1.55. The van der Waals surface area contributed by atoms with E-state index in [0.717, 1.165) is 54.8 Å². The number of hydrogen-bond acceptors (Lipinski definition) is 3. The topological polar surface area (TPSA) is 64.1 Å². The standard InChI is InChI=1S/C16H23N3O/c1-2-16-18-13-9-12(17)7-8-14(13)19(16)10-11-5-3-4-6-15(11)20/h7-9,11,15,20H,2-6,10,17H2,1H3. The van der Waals surface area contributed by atoms with E-state index in [-0.39, 0.29) is 6.10 Å².